The smallest absolute Gasteiger partial charge is 0.128 e. The lowest BCUT2D eigenvalue weighted by atomic mass is 10.1. The lowest BCUT2D eigenvalue weighted by Gasteiger charge is -2.30. The molecule has 0 amide bonds. The highest BCUT2D eigenvalue weighted by molar-refractivity contribution is 5.42. The van der Waals surface area contributed by atoms with E-state index in [0.717, 1.165) is 43.0 Å². The molecule has 0 radical (unpaired) electrons. The molecule has 2 N–H and O–H groups in total. The molecule has 0 atom stereocenters. The maximum atomic E-state index is 9.43. The Kier molecular flexibility index (Phi) is 3.41. The van der Waals surface area contributed by atoms with Gasteiger partial charge in [0.15, 0.2) is 0 Å². The largest absolute Gasteiger partial charge is 0.393 e. The number of aliphatic hydroxyl groups excluding tert-OH is 2. The van der Waals surface area contributed by atoms with Gasteiger partial charge in [-0.2, -0.15) is 0 Å². The summed E-state index contributed by atoms with van der Waals surface area (Å²) in [5, 5.41) is 18.5. The fraction of sp³-hybridized carbons (Fsp3) is 0.583. The molecule has 88 valence electrons. The average molecular weight is 222 g/mol. The molecule has 16 heavy (non-hydrogen) atoms. The molecular weight excluding hydrogens is 204 g/mol. The van der Waals surface area contributed by atoms with E-state index in [1.54, 1.807) is 0 Å². The molecule has 1 aliphatic heterocycles. The van der Waals surface area contributed by atoms with Gasteiger partial charge in [-0.1, -0.05) is 6.07 Å². The number of pyridine rings is 1. The maximum absolute atomic E-state index is 9.43. The Morgan fingerprint density at radius 3 is 2.62 bits per heavy atom. The van der Waals surface area contributed by atoms with Crippen molar-refractivity contribution in [2.24, 2.45) is 0 Å². The summed E-state index contributed by atoms with van der Waals surface area (Å²) in [5.74, 6) is 0.946. The van der Waals surface area contributed by atoms with Crippen LogP contribution in [0.25, 0.3) is 0 Å². The molecule has 4 heteroatoms. The molecule has 4 nitrogen and oxygen atoms in total. The second kappa shape index (κ2) is 4.80. The monoisotopic (exact) mass is 222 g/mol. The maximum Gasteiger partial charge on any atom is 0.128 e. The first-order valence-electron chi connectivity index (χ1n) is 5.71. The molecule has 1 aromatic rings. The van der Waals surface area contributed by atoms with Gasteiger partial charge in [0, 0.05) is 18.8 Å². The quantitative estimate of drug-likeness (QED) is 0.778. The molecule has 1 saturated heterocycles. The Labute approximate surface area is 95.5 Å². The Morgan fingerprint density at radius 2 is 2.06 bits per heavy atom. The third-order valence-corrected chi connectivity index (χ3v) is 3.14. The van der Waals surface area contributed by atoms with Crippen molar-refractivity contribution < 1.29 is 10.2 Å². The molecule has 1 fully saturated rings. The number of rotatable bonds is 2. The topological polar surface area (TPSA) is 56.6 Å². The van der Waals surface area contributed by atoms with Crippen molar-refractivity contribution in [1.29, 1.82) is 0 Å². The van der Waals surface area contributed by atoms with E-state index in [-0.39, 0.29) is 12.7 Å². The van der Waals surface area contributed by atoms with Crippen LogP contribution in [0.3, 0.4) is 0 Å². The molecule has 0 bridgehead atoms. The van der Waals surface area contributed by atoms with Crippen molar-refractivity contribution >= 4 is 5.82 Å². The molecule has 0 unspecified atom stereocenters. The molecule has 0 spiro atoms. The zero-order valence-electron chi connectivity index (χ0n) is 9.56. The third-order valence-electron chi connectivity index (χ3n) is 3.14. The lowest BCUT2D eigenvalue weighted by molar-refractivity contribution is 0.145. The molecule has 2 rings (SSSR count). The first-order valence-corrected chi connectivity index (χ1v) is 5.71. The van der Waals surface area contributed by atoms with Gasteiger partial charge in [0.25, 0.3) is 0 Å². The summed E-state index contributed by atoms with van der Waals surface area (Å²) in [6.45, 7) is 3.66. The van der Waals surface area contributed by atoms with Crippen molar-refractivity contribution in [1.82, 2.24) is 4.98 Å². The van der Waals surface area contributed by atoms with Crippen LogP contribution in [0.4, 0.5) is 5.82 Å². The van der Waals surface area contributed by atoms with Gasteiger partial charge in [-0.05, 0) is 31.4 Å². The van der Waals surface area contributed by atoms with Crippen LogP contribution < -0.4 is 4.90 Å². The van der Waals surface area contributed by atoms with Crippen molar-refractivity contribution in [3.05, 3.63) is 23.4 Å². The summed E-state index contributed by atoms with van der Waals surface area (Å²) in [6, 6.07) is 3.86. The zero-order valence-corrected chi connectivity index (χ0v) is 9.56. The van der Waals surface area contributed by atoms with Gasteiger partial charge >= 0.3 is 0 Å². The third kappa shape index (κ3) is 2.33. The first-order chi connectivity index (χ1) is 7.70. The van der Waals surface area contributed by atoms with E-state index in [1.807, 2.05) is 19.1 Å². The highest BCUT2D eigenvalue weighted by Crippen LogP contribution is 2.19. The van der Waals surface area contributed by atoms with Crippen LogP contribution >= 0.6 is 0 Å². The number of aryl methyl sites for hydroxylation is 1. The van der Waals surface area contributed by atoms with Crippen molar-refractivity contribution in [2.45, 2.75) is 32.5 Å². The van der Waals surface area contributed by atoms with E-state index < -0.39 is 0 Å². The van der Waals surface area contributed by atoms with Crippen molar-refractivity contribution in [2.75, 3.05) is 18.0 Å². The second-order valence-corrected chi connectivity index (χ2v) is 4.29. The van der Waals surface area contributed by atoms with Gasteiger partial charge in [-0.25, -0.2) is 4.98 Å². The fourth-order valence-electron chi connectivity index (χ4n) is 2.01. The molecule has 2 heterocycles. The second-order valence-electron chi connectivity index (χ2n) is 4.29. The number of hydrogen-bond donors (Lipinski definition) is 2. The molecule has 0 aliphatic carbocycles. The lowest BCUT2D eigenvalue weighted by Crippen LogP contribution is -2.36. The highest BCUT2D eigenvalue weighted by atomic mass is 16.3. The summed E-state index contributed by atoms with van der Waals surface area (Å²) in [6.07, 6.45) is 1.46. The van der Waals surface area contributed by atoms with E-state index in [0.29, 0.717) is 0 Å². The number of nitrogens with zero attached hydrogens (tertiary/aromatic N) is 2. The van der Waals surface area contributed by atoms with Gasteiger partial charge in [-0.15, -0.1) is 0 Å². The van der Waals surface area contributed by atoms with Gasteiger partial charge in [0.1, 0.15) is 5.82 Å². The van der Waals surface area contributed by atoms with E-state index in [4.69, 9.17) is 5.11 Å². The number of anilines is 1. The van der Waals surface area contributed by atoms with Crippen LogP contribution in [-0.4, -0.2) is 34.4 Å². The van der Waals surface area contributed by atoms with Gasteiger partial charge in [-0.3, -0.25) is 0 Å². The number of hydrogen-bond acceptors (Lipinski definition) is 4. The van der Waals surface area contributed by atoms with Crippen molar-refractivity contribution in [3.63, 3.8) is 0 Å². The molecular formula is C12H18N2O2. The minimum atomic E-state index is -0.158. The molecule has 1 aromatic heterocycles. The number of piperidine rings is 1. The normalized spacial score (nSPS) is 17.8. The Balaban J connectivity index is 2.12. The molecule has 0 saturated carbocycles. The Bertz CT molecular complexity index is 360. The summed E-state index contributed by atoms with van der Waals surface area (Å²) < 4.78 is 0. The molecule has 0 aromatic carbocycles. The highest BCUT2D eigenvalue weighted by Gasteiger charge is 2.18. The van der Waals surface area contributed by atoms with Crippen LogP contribution in [0, 0.1) is 6.92 Å². The van der Waals surface area contributed by atoms with Gasteiger partial charge in [0.05, 0.1) is 12.7 Å². The standard InChI is InChI=1S/C12H18N2O2/c1-9-10(8-15)2-3-12(13-9)14-6-4-11(16)5-7-14/h2-3,11,15-16H,4-8H2,1H3. The van der Waals surface area contributed by atoms with Gasteiger partial charge < -0.3 is 15.1 Å². The summed E-state index contributed by atoms with van der Waals surface area (Å²) in [4.78, 5) is 6.66. The first kappa shape index (κ1) is 11.4. The average Bonchev–Trinajstić information content (AvgIpc) is 2.30. The van der Waals surface area contributed by atoms with E-state index >= 15 is 0 Å². The minimum absolute atomic E-state index is 0.0395. The predicted molar refractivity (Wildman–Crippen MR) is 62.4 cm³/mol. The van der Waals surface area contributed by atoms with E-state index in [1.165, 1.54) is 0 Å². The predicted octanol–water partition coefficient (Wildman–Crippen LogP) is 0.843. The van der Waals surface area contributed by atoms with Crippen LogP contribution in [0.1, 0.15) is 24.1 Å². The SMILES string of the molecule is Cc1nc(N2CCC(O)CC2)ccc1CO. The Hall–Kier alpha value is -1.13. The van der Waals surface area contributed by atoms with Gasteiger partial charge in [0.2, 0.25) is 0 Å². The molecule has 1 aliphatic rings. The van der Waals surface area contributed by atoms with Crippen molar-refractivity contribution in [3.8, 4) is 0 Å². The summed E-state index contributed by atoms with van der Waals surface area (Å²) >= 11 is 0. The van der Waals surface area contributed by atoms with Crippen LogP contribution in [0.5, 0.6) is 0 Å². The van der Waals surface area contributed by atoms with E-state index in [2.05, 4.69) is 9.88 Å². The minimum Gasteiger partial charge on any atom is -0.393 e. The van der Waals surface area contributed by atoms with Crippen LogP contribution in [-0.2, 0) is 6.61 Å². The summed E-state index contributed by atoms with van der Waals surface area (Å²) in [5.41, 5.74) is 1.76. The number of aromatic nitrogens is 1. The number of aliphatic hydroxyl groups is 2. The van der Waals surface area contributed by atoms with Crippen LogP contribution in [0.15, 0.2) is 12.1 Å². The summed E-state index contributed by atoms with van der Waals surface area (Å²) in [7, 11) is 0. The fourth-order valence-corrected chi connectivity index (χ4v) is 2.01. The van der Waals surface area contributed by atoms with Crippen LogP contribution in [0.2, 0.25) is 0 Å². The Morgan fingerprint density at radius 1 is 1.38 bits per heavy atom. The zero-order chi connectivity index (χ0) is 11.5. The van der Waals surface area contributed by atoms with E-state index in [9.17, 15) is 5.11 Å².